The third kappa shape index (κ3) is 4.57. The molecule has 0 amide bonds. The van der Waals surface area contributed by atoms with Crippen molar-refractivity contribution in [3.05, 3.63) is 34.6 Å². The summed E-state index contributed by atoms with van der Waals surface area (Å²) in [5.41, 5.74) is 1.22. The number of rotatable bonds is 6. The van der Waals surface area contributed by atoms with Crippen molar-refractivity contribution in [1.29, 1.82) is 0 Å². The first kappa shape index (κ1) is 17.5. The molecule has 0 aliphatic heterocycles. The molecule has 0 radical (unpaired) electrons. The van der Waals surface area contributed by atoms with E-state index < -0.39 is 0 Å². The molecule has 2 aromatic heterocycles. The molecule has 2 rings (SSSR count). The highest BCUT2D eigenvalue weighted by atomic mass is 79.9. The molecule has 0 aliphatic carbocycles. The molecule has 0 spiro atoms. The average Bonchev–Trinajstić information content (AvgIpc) is 3.09. The number of hydrogen-bond donors (Lipinski definition) is 1. The van der Waals surface area contributed by atoms with E-state index in [1.54, 1.807) is 13.4 Å². The lowest BCUT2D eigenvalue weighted by Crippen LogP contribution is -2.40. The zero-order chi connectivity index (χ0) is 16.8. The molecule has 0 aromatic carbocycles. The third-order valence-corrected chi connectivity index (χ3v) is 4.13. The second kappa shape index (κ2) is 8.14. The molecule has 8 heteroatoms. The Morgan fingerprint density at radius 1 is 1.48 bits per heavy atom. The zero-order valence-corrected chi connectivity index (χ0v) is 15.7. The molecule has 2 aromatic rings. The first-order valence-corrected chi connectivity index (χ1v) is 8.43. The smallest absolute Gasteiger partial charge is 0.193 e. The molecular weight excluding hydrogens is 358 g/mol. The van der Waals surface area contributed by atoms with E-state index in [-0.39, 0.29) is 0 Å². The predicted molar refractivity (Wildman–Crippen MR) is 95.3 cm³/mol. The Morgan fingerprint density at radius 2 is 2.26 bits per heavy atom. The number of halogens is 1. The maximum Gasteiger partial charge on any atom is 0.193 e. The van der Waals surface area contributed by atoms with Crippen LogP contribution in [0.4, 0.5) is 0 Å². The summed E-state index contributed by atoms with van der Waals surface area (Å²) in [7, 11) is 5.88. The van der Waals surface area contributed by atoms with Crippen molar-refractivity contribution in [3.63, 3.8) is 0 Å². The van der Waals surface area contributed by atoms with Crippen LogP contribution in [-0.4, -0.2) is 50.8 Å². The summed E-state index contributed by atoms with van der Waals surface area (Å²) in [6.07, 6.45) is 4.71. The molecule has 7 nitrogen and oxygen atoms in total. The van der Waals surface area contributed by atoms with Gasteiger partial charge >= 0.3 is 0 Å². The summed E-state index contributed by atoms with van der Waals surface area (Å²) >= 11 is 3.50. The zero-order valence-electron chi connectivity index (χ0n) is 14.1. The van der Waals surface area contributed by atoms with E-state index in [1.165, 1.54) is 5.69 Å². The van der Waals surface area contributed by atoms with Crippen LogP contribution in [0.5, 0.6) is 0 Å². The van der Waals surface area contributed by atoms with Gasteiger partial charge in [0.1, 0.15) is 12.2 Å². The second-order valence-electron chi connectivity index (χ2n) is 5.38. The molecule has 0 saturated heterocycles. The number of hydrogen-bond acceptors (Lipinski definition) is 3. The fraction of sp³-hybridized carbons (Fsp3) is 0.533. The van der Waals surface area contributed by atoms with Gasteiger partial charge < -0.3 is 19.4 Å². The van der Waals surface area contributed by atoms with Gasteiger partial charge in [-0.25, -0.2) is 0 Å². The first-order chi connectivity index (χ1) is 11.0. The molecule has 0 atom stereocenters. The Morgan fingerprint density at radius 3 is 2.87 bits per heavy atom. The van der Waals surface area contributed by atoms with E-state index in [2.05, 4.69) is 69.7 Å². The van der Waals surface area contributed by atoms with E-state index in [1.807, 2.05) is 14.1 Å². The van der Waals surface area contributed by atoms with Crippen LogP contribution >= 0.6 is 15.9 Å². The summed E-state index contributed by atoms with van der Waals surface area (Å²) in [5.74, 6) is 1.87. The van der Waals surface area contributed by atoms with Crippen molar-refractivity contribution in [2.75, 3.05) is 20.6 Å². The van der Waals surface area contributed by atoms with Crippen LogP contribution in [0.3, 0.4) is 0 Å². The Bertz CT molecular complexity index is 659. The van der Waals surface area contributed by atoms with Crippen molar-refractivity contribution in [2.24, 2.45) is 12.0 Å². The fourth-order valence-electron chi connectivity index (χ4n) is 2.45. The predicted octanol–water partition coefficient (Wildman–Crippen LogP) is 1.65. The van der Waals surface area contributed by atoms with E-state index in [9.17, 15) is 0 Å². The van der Waals surface area contributed by atoms with Crippen LogP contribution in [0.2, 0.25) is 0 Å². The minimum atomic E-state index is 0.777. The molecule has 0 aliphatic rings. The minimum absolute atomic E-state index is 0.777. The van der Waals surface area contributed by atoms with E-state index >= 15 is 0 Å². The van der Waals surface area contributed by atoms with Crippen molar-refractivity contribution in [3.8, 4) is 0 Å². The summed E-state index contributed by atoms with van der Waals surface area (Å²) in [6, 6.07) is 2.12. The molecule has 0 unspecified atom stereocenters. The largest absolute Gasteiger partial charge is 0.354 e. The topological polar surface area (TPSA) is 63.3 Å². The van der Waals surface area contributed by atoms with Crippen LogP contribution in [0.15, 0.2) is 28.1 Å². The number of guanidine groups is 1. The molecule has 0 saturated carbocycles. The number of aromatic nitrogens is 4. The molecule has 1 N–H and O–H groups in total. The Balaban J connectivity index is 1.88. The number of aryl methyl sites for hydroxylation is 2. The van der Waals surface area contributed by atoms with Gasteiger partial charge in [0.25, 0.3) is 0 Å². The van der Waals surface area contributed by atoms with Crippen molar-refractivity contribution >= 4 is 21.9 Å². The summed E-state index contributed by atoms with van der Waals surface area (Å²) in [6.45, 7) is 4.46. The maximum absolute atomic E-state index is 4.35. The average molecular weight is 382 g/mol. The quantitative estimate of drug-likeness (QED) is 0.610. The molecule has 23 heavy (non-hydrogen) atoms. The van der Waals surface area contributed by atoms with Gasteiger partial charge in [-0.3, -0.25) is 4.99 Å². The lowest BCUT2D eigenvalue weighted by atomic mass is 10.4. The van der Waals surface area contributed by atoms with Crippen molar-refractivity contribution < 1.29 is 0 Å². The monoisotopic (exact) mass is 381 g/mol. The lowest BCUT2D eigenvalue weighted by Gasteiger charge is -2.22. The standard InChI is InChI=1S/C15H24BrN7/c1-5-14-20-19-11-23(14)7-6-18-15(17-2)22(4)10-13-8-12(16)9-21(13)3/h8-9,11H,5-7,10H2,1-4H3,(H,17,18). The molecular formula is C15H24BrN7. The van der Waals surface area contributed by atoms with Crippen LogP contribution in [-0.2, 0) is 26.6 Å². The lowest BCUT2D eigenvalue weighted by molar-refractivity contribution is 0.458. The van der Waals surface area contributed by atoms with Crippen LogP contribution in [0.25, 0.3) is 0 Å². The number of nitrogens with zero attached hydrogens (tertiary/aromatic N) is 6. The summed E-state index contributed by atoms with van der Waals surface area (Å²) < 4.78 is 5.26. The Kier molecular flexibility index (Phi) is 6.20. The fourth-order valence-corrected chi connectivity index (χ4v) is 3.02. The second-order valence-corrected chi connectivity index (χ2v) is 6.30. The van der Waals surface area contributed by atoms with Crippen LogP contribution in [0, 0.1) is 0 Å². The van der Waals surface area contributed by atoms with Gasteiger partial charge in [-0.15, -0.1) is 10.2 Å². The van der Waals surface area contributed by atoms with Crippen LogP contribution < -0.4 is 5.32 Å². The Labute approximate surface area is 145 Å². The van der Waals surface area contributed by atoms with Crippen molar-refractivity contribution in [1.82, 2.24) is 29.5 Å². The molecule has 2 heterocycles. The van der Waals surface area contributed by atoms with E-state index in [0.717, 1.165) is 42.3 Å². The first-order valence-electron chi connectivity index (χ1n) is 7.64. The normalized spacial score (nSPS) is 11.8. The van der Waals surface area contributed by atoms with Crippen molar-refractivity contribution in [2.45, 2.75) is 26.4 Å². The summed E-state index contributed by atoms with van der Waals surface area (Å²) in [5, 5.41) is 11.4. The van der Waals surface area contributed by atoms with Gasteiger partial charge in [0.15, 0.2) is 5.96 Å². The number of nitrogens with one attached hydrogen (secondary N) is 1. The van der Waals surface area contributed by atoms with Gasteiger partial charge in [0.2, 0.25) is 0 Å². The van der Waals surface area contributed by atoms with Gasteiger partial charge in [-0.05, 0) is 22.0 Å². The third-order valence-electron chi connectivity index (χ3n) is 3.69. The maximum atomic E-state index is 4.35. The minimum Gasteiger partial charge on any atom is -0.354 e. The molecule has 0 fully saturated rings. The highest BCUT2D eigenvalue weighted by Gasteiger charge is 2.10. The Hall–Kier alpha value is -1.83. The molecule has 126 valence electrons. The van der Waals surface area contributed by atoms with Gasteiger partial charge in [-0.1, -0.05) is 6.92 Å². The van der Waals surface area contributed by atoms with Gasteiger partial charge in [0.05, 0.1) is 6.54 Å². The summed E-state index contributed by atoms with van der Waals surface area (Å²) in [4.78, 5) is 6.46. The van der Waals surface area contributed by atoms with E-state index in [0.29, 0.717) is 0 Å². The van der Waals surface area contributed by atoms with Gasteiger partial charge in [-0.2, -0.15) is 0 Å². The van der Waals surface area contributed by atoms with E-state index in [4.69, 9.17) is 0 Å². The molecule has 0 bridgehead atoms. The van der Waals surface area contributed by atoms with Gasteiger partial charge in [0, 0.05) is 57.0 Å². The number of aliphatic imine (C=N–C) groups is 1. The highest BCUT2D eigenvalue weighted by Crippen LogP contribution is 2.14. The SMILES string of the molecule is CCc1nncn1CCNC(=NC)N(C)Cc1cc(Br)cn1C. The van der Waals surface area contributed by atoms with Crippen LogP contribution in [0.1, 0.15) is 18.4 Å². The highest BCUT2D eigenvalue weighted by molar-refractivity contribution is 9.10.